The third-order valence-electron chi connectivity index (χ3n) is 3.53. The van der Waals surface area contributed by atoms with Crippen molar-refractivity contribution in [2.24, 2.45) is 0 Å². The molecule has 2 rings (SSSR count). The van der Waals surface area contributed by atoms with Crippen molar-refractivity contribution in [3.63, 3.8) is 0 Å². The lowest BCUT2D eigenvalue weighted by Crippen LogP contribution is -2.34. The topological polar surface area (TPSA) is 57.3 Å². The predicted octanol–water partition coefficient (Wildman–Crippen LogP) is 2.38. The van der Waals surface area contributed by atoms with Gasteiger partial charge in [-0.15, -0.1) is 0 Å². The van der Waals surface area contributed by atoms with Crippen molar-refractivity contribution in [2.75, 3.05) is 38.0 Å². The van der Waals surface area contributed by atoms with E-state index in [1.807, 2.05) is 0 Å². The maximum atomic E-state index is 12.2. The van der Waals surface area contributed by atoms with Crippen LogP contribution in [-0.2, 0) is 0 Å². The molecule has 0 spiro atoms. The molecule has 6 heteroatoms. The molecule has 116 valence electrons. The number of halogens is 1. The summed E-state index contributed by atoms with van der Waals surface area (Å²) in [5.41, 5.74) is 0.291. The molecule has 21 heavy (non-hydrogen) atoms. The molecule has 0 aliphatic carbocycles. The smallest absolute Gasteiger partial charge is 0.271 e. The van der Waals surface area contributed by atoms with E-state index in [9.17, 15) is 4.79 Å². The second-order valence-corrected chi connectivity index (χ2v) is 5.67. The van der Waals surface area contributed by atoms with Crippen LogP contribution in [0.25, 0.3) is 0 Å². The number of nitrogens with zero attached hydrogens (tertiary/aromatic N) is 2. The van der Waals surface area contributed by atoms with Crippen LogP contribution in [0, 0.1) is 0 Å². The first kappa shape index (κ1) is 16.0. The molecule has 1 aliphatic heterocycles. The fourth-order valence-corrected chi connectivity index (χ4v) is 2.56. The third-order valence-corrected chi connectivity index (χ3v) is 3.83. The van der Waals surface area contributed by atoms with E-state index in [1.54, 1.807) is 12.1 Å². The minimum Gasteiger partial charge on any atom is -0.370 e. The number of aromatic nitrogens is 1. The number of carbonyl (C=O) groups is 1. The molecule has 0 unspecified atom stereocenters. The van der Waals surface area contributed by atoms with E-state index in [2.05, 4.69) is 27.4 Å². The highest BCUT2D eigenvalue weighted by molar-refractivity contribution is 6.33. The summed E-state index contributed by atoms with van der Waals surface area (Å²) in [6.07, 6.45) is 3.51. The summed E-state index contributed by atoms with van der Waals surface area (Å²) in [7, 11) is 0. The first-order valence-corrected chi connectivity index (χ1v) is 7.99. The minimum absolute atomic E-state index is 0.209. The Hall–Kier alpha value is -1.33. The first-order chi connectivity index (χ1) is 10.2. The van der Waals surface area contributed by atoms with Crippen molar-refractivity contribution in [2.45, 2.75) is 26.2 Å². The zero-order chi connectivity index (χ0) is 15.1. The van der Waals surface area contributed by atoms with Crippen LogP contribution < -0.4 is 10.6 Å². The summed E-state index contributed by atoms with van der Waals surface area (Å²) in [5, 5.41) is 6.44. The highest BCUT2D eigenvalue weighted by atomic mass is 35.5. The van der Waals surface area contributed by atoms with E-state index in [-0.39, 0.29) is 5.91 Å². The monoisotopic (exact) mass is 310 g/mol. The maximum absolute atomic E-state index is 12.2. The Balaban J connectivity index is 1.87. The largest absolute Gasteiger partial charge is 0.370 e. The quantitative estimate of drug-likeness (QED) is 0.812. The Morgan fingerprint density at radius 1 is 1.33 bits per heavy atom. The number of hydrogen-bond donors (Lipinski definition) is 2. The van der Waals surface area contributed by atoms with Crippen molar-refractivity contribution in [1.29, 1.82) is 0 Å². The van der Waals surface area contributed by atoms with Gasteiger partial charge in [0.05, 0.1) is 5.02 Å². The maximum Gasteiger partial charge on any atom is 0.271 e. The van der Waals surface area contributed by atoms with Gasteiger partial charge in [-0.1, -0.05) is 18.5 Å². The molecule has 0 saturated carbocycles. The number of anilines is 1. The van der Waals surface area contributed by atoms with Gasteiger partial charge in [0.2, 0.25) is 0 Å². The summed E-state index contributed by atoms with van der Waals surface area (Å²) in [5.74, 6) is 0.477. The Bertz CT molecular complexity index is 475. The van der Waals surface area contributed by atoms with Gasteiger partial charge in [0, 0.05) is 19.6 Å². The number of hydrogen-bond acceptors (Lipinski definition) is 4. The van der Waals surface area contributed by atoms with E-state index in [0.717, 1.165) is 32.6 Å². The standard InChI is InChI=1S/C15H23ClN4O/c1-2-7-17-13-6-5-12(16)14(19-13)15(21)18-8-11-20-9-3-4-10-20/h5-6H,2-4,7-11H2,1H3,(H,17,19)(H,18,21). The van der Waals surface area contributed by atoms with E-state index in [1.165, 1.54) is 12.8 Å². The SMILES string of the molecule is CCCNc1ccc(Cl)c(C(=O)NCCN2CCCC2)n1. The summed E-state index contributed by atoms with van der Waals surface area (Å²) in [6, 6.07) is 3.50. The van der Waals surface area contributed by atoms with Crippen LogP contribution in [-0.4, -0.2) is 48.5 Å². The number of nitrogens with one attached hydrogen (secondary N) is 2. The number of carbonyl (C=O) groups excluding carboxylic acids is 1. The molecule has 1 aliphatic rings. The molecule has 2 heterocycles. The van der Waals surface area contributed by atoms with E-state index < -0.39 is 0 Å². The van der Waals surface area contributed by atoms with Gasteiger partial charge < -0.3 is 15.5 Å². The van der Waals surface area contributed by atoms with Crippen LogP contribution in [0.5, 0.6) is 0 Å². The molecule has 1 fully saturated rings. The average molecular weight is 311 g/mol. The molecular formula is C15H23ClN4O. The molecular weight excluding hydrogens is 288 g/mol. The predicted molar refractivity (Wildman–Crippen MR) is 86.0 cm³/mol. The van der Waals surface area contributed by atoms with Gasteiger partial charge in [0.15, 0.2) is 0 Å². The van der Waals surface area contributed by atoms with Gasteiger partial charge in [-0.3, -0.25) is 4.79 Å². The third kappa shape index (κ3) is 4.86. The van der Waals surface area contributed by atoms with Crippen LogP contribution in [0.4, 0.5) is 5.82 Å². The molecule has 1 aromatic heterocycles. The fourth-order valence-electron chi connectivity index (χ4n) is 2.37. The van der Waals surface area contributed by atoms with Gasteiger partial charge >= 0.3 is 0 Å². The Morgan fingerprint density at radius 2 is 2.10 bits per heavy atom. The van der Waals surface area contributed by atoms with E-state index >= 15 is 0 Å². The molecule has 1 amide bonds. The highest BCUT2D eigenvalue weighted by Gasteiger charge is 2.15. The lowest BCUT2D eigenvalue weighted by atomic mass is 10.3. The zero-order valence-corrected chi connectivity index (χ0v) is 13.2. The number of rotatable bonds is 7. The van der Waals surface area contributed by atoms with Crippen molar-refractivity contribution < 1.29 is 4.79 Å². The molecule has 0 radical (unpaired) electrons. The molecule has 2 N–H and O–H groups in total. The van der Waals surface area contributed by atoms with Crippen LogP contribution in [0.2, 0.25) is 5.02 Å². The number of pyridine rings is 1. The second-order valence-electron chi connectivity index (χ2n) is 5.26. The summed E-state index contributed by atoms with van der Waals surface area (Å²) < 4.78 is 0. The second kappa shape index (κ2) is 8.20. The average Bonchev–Trinajstić information content (AvgIpc) is 2.99. The molecule has 1 saturated heterocycles. The van der Waals surface area contributed by atoms with Gasteiger partial charge in [0.25, 0.3) is 5.91 Å². The Morgan fingerprint density at radius 3 is 2.81 bits per heavy atom. The number of amides is 1. The Kier molecular flexibility index (Phi) is 6.26. The molecule has 0 atom stereocenters. The summed E-state index contributed by atoms with van der Waals surface area (Å²) >= 11 is 6.07. The van der Waals surface area contributed by atoms with Gasteiger partial charge in [-0.25, -0.2) is 4.98 Å². The van der Waals surface area contributed by atoms with Gasteiger partial charge in [-0.05, 0) is 44.5 Å². The van der Waals surface area contributed by atoms with Crippen LogP contribution >= 0.6 is 11.6 Å². The molecule has 1 aromatic rings. The molecule has 0 bridgehead atoms. The fraction of sp³-hybridized carbons (Fsp3) is 0.600. The number of likely N-dealkylation sites (tertiary alicyclic amines) is 1. The van der Waals surface area contributed by atoms with Crippen molar-refractivity contribution >= 4 is 23.3 Å². The summed E-state index contributed by atoms with van der Waals surface area (Å²) in [6.45, 7) is 6.68. The van der Waals surface area contributed by atoms with Crippen LogP contribution in [0.1, 0.15) is 36.7 Å². The van der Waals surface area contributed by atoms with Crippen molar-refractivity contribution in [3.8, 4) is 0 Å². The lowest BCUT2D eigenvalue weighted by molar-refractivity contribution is 0.0945. The molecule has 5 nitrogen and oxygen atoms in total. The lowest BCUT2D eigenvalue weighted by Gasteiger charge is -2.15. The van der Waals surface area contributed by atoms with Gasteiger partial charge in [0.1, 0.15) is 11.5 Å². The van der Waals surface area contributed by atoms with Crippen LogP contribution in [0.3, 0.4) is 0 Å². The Labute approximate surface area is 131 Å². The van der Waals surface area contributed by atoms with E-state index in [0.29, 0.717) is 23.1 Å². The van der Waals surface area contributed by atoms with Crippen LogP contribution in [0.15, 0.2) is 12.1 Å². The summed E-state index contributed by atoms with van der Waals surface area (Å²) in [4.78, 5) is 18.8. The highest BCUT2D eigenvalue weighted by Crippen LogP contribution is 2.16. The van der Waals surface area contributed by atoms with Crippen molar-refractivity contribution in [1.82, 2.24) is 15.2 Å². The van der Waals surface area contributed by atoms with Crippen molar-refractivity contribution in [3.05, 3.63) is 22.8 Å². The molecule has 0 aromatic carbocycles. The zero-order valence-electron chi connectivity index (χ0n) is 12.5. The van der Waals surface area contributed by atoms with Gasteiger partial charge in [-0.2, -0.15) is 0 Å². The normalized spacial score (nSPS) is 15.1. The minimum atomic E-state index is -0.209. The first-order valence-electron chi connectivity index (χ1n) is 7.61. The van der Waals surface area contributed by atoms with E-state index in [4.69, 9.17) is 11.6 Å².